The summed E-state index contributed by atoms with van der Waals surface area (Å²) in [7, 11) is -4.88. The van der Waals surface area contributed by atoms with Gasteiger partial charge in [0, 0.05) is 5.92 Å². The Labute approximate surface area is 61.0 Å². The molecule has 0 amide bonds. The number of hydrogen-bond donors (Lipinski definition) is 0. The molecule has 0 heterocycles. The molecular formula is C4H8O4P2. The smallest absolute Gasteiger partial charge is 0.309 e. The molecule has 0 spiro atoms. The van der Waals surface area contributed by atoms with E-state index < -0.39 is 16.1 Å². The molecule has 0 aromatic heterocycles. The molecule has 0 aliphatic rings. The summed E-state index contributed by atoms with van der Waals surface area (Å²) in [5.74, 6) is -0.276. The highest BCUT2D eigenvalue weighted by atomic mass is 31.1. The molecule has 0 aromatic rings. The van der Waals surface area contributed by atoms with E-state index in [2.05, 4.69) is 0 Å². The van der Waals surface area contributed by atoms with Crippen molar-refractivity contribution in [1.29, 1.82) is 0 Å². The highest BCUT2D eigenvalue weighted by Crippen LogP contribution is 2.20. The summed E-state index contributed by atoms with van der Waals surface area (Å²) in [5, 5.41) is 0. The molecule has 0 bridgehead atoms. The zero-order chi connectivity index (χ0) is 8.15. The predicted molar refractivity (Wildman–Crippen MR) is 34.1 cm³/mol. The molecule has 10 heavy (non-hydrogen) atoms. The molecule has 0 N–H and O–H groups in total. The van der Waals surface area contributed by atoms with Crippen LogP contribution in [0.4, 0.5) is 0 Å². The van der Waals surface area contributed by atoms with Gasteiger partial charge in [-0.2, -0.15) is 0 Å². The molecule has 2 atom stereocenters. The molecule has 4 nitrogen and oxygen atoms in total. The van der Waals surface area contributed by atoms with Gasteiger partial charge in [-0.3, -0.25) is 0 Å². The summed E-state index contributed by atoms with van der Waals surface area (Å²) in [6.45, 7) is 1.59. The summed E-state index contributed by atoms with van der Waals surface area (Å²) >= 11 is 0. The van der Waals surface area contributed by atoms with Gasteiger partial charge in [-0.1, -0.05) is 16.1 Å². The maximum atomic E-state index is 10.0. The Morgan fingerprint density at radius 2 is 1.50 bits per heavy atom. The van der Waals surface area contributed by atoms with Crippen LogP contribution < -0.4 is 9.79 Å². The summed E-state index contributed by atoms with van der Waals surface area (Å²) in [6, 6.07) is 0. The van der Waals surface area contributed by atoms with E-state index in [-0.39, 0.29) is 18.2 Å². The first-order valence-electron chi connectivity index (χ1n) is 2.76. The Morgan fingerprint density at radius 1 is 1.20 bits per heavy atom. The standard InChI is InChI=1S/C4H8O4P2/c1-4(2-9(5)6)3-10(7)8/h4H,2-3H2,1H3. The van der Waals surface area contributed by atoms with Crippen LogP contribution in [0.2, 0.25) is 0 Å². The average molecular weight is 182 g/mol. The molecule has 6 heteroatoms. The highest BCUT2D eigenvalue weighted by Gasteiger charge is 2.16. The third-order valence-corrected chi connectivity index (χ3v) is 2.76. The molecule has 0 aliphatic heterocycles. The van der Waals surface area contributed by atoms with Gasteiger partial charge in [-0.25, -0.2) is 0 Å². The molecule has 0 saturated carbocycles. The highest BCUT2D eigenvalue weighted by molar-refractivity contribution is 7.37. The van der Waals surface area contributed by atoms with Crippen LogP contribution in [0.15, 0.2) is 0 Å². The number of rotatable bonds is 4. The molecule has 2 unspecified atom stereocenters. The second kappa shape index (κ2) is 4.86. The number of hydrogen-bond acceptors (Lipinski definition) is 4. The topological polar surface area (TPSA) is 80.3 Å². The quantitative estimate of drug-likeness (QED) is 0.565. The monoisotopic (exact) mass is 182 g/mol. The van der Waals surface area contributed by atoms with Crippen LogP contribution in [-0.2, 0) is 9.13 Å². The molecular weight excluding hydrogens is 174 g/mol. The second-order valence-electron chi connectivity index (χ2n) is 2.14. The minimum atomic E-state index is -2.44. The van der Waals surface area contributed by atoms with Gasteiger partial charge < -0.3 is 9.79 Å². The van der Waals surface area contributed by atoms with Crippen molar-refractivity contribution in [1.82, 2.24) is 0 Å². The summed E-state index contributed by atoms with van der Waals surface area (Å²) in [6.07, 6.45) is -0.0860. The fourth-order valence-electron chi connectivity index (χ4n) is 0.567. The van der Waals surface area contributed by atoms with Crippen LogP contribution in [0.5, 0.6) is 0 Å². The Bertz CT molecular complexity index is 130. The van der Waals surface area contributed by atoms with E-state index in [0.717, 1.165) is 0 Å². The molecule has 0 radical (unpaired) electrons. The molecule has 0 rings (SSSR count). The molecule has 0 aromatic carbocycles. The minimum Gasteiger partial charge on any atom is -0.596 e. The SMILES string of the molecule is CC(C[P+](=O)[O-])C[P+](=O)[O-]. The largest absolute Gasteiger partial charge is 0.596 e. The maximum Gasteiger partial charge on any atom is 0.309 e. The van der Waals surface area contributed by atoms with E-state index in [1.807, 2.05) is 0 Å². The lowest BCUT2D eigenvalue weighted by Crippen LogP contribution is -2.07. The van der Waals surface area contributed by atoms with E-state index >= 15 is 0 Å². The van der Waals surface area contributed by atoms with Crippen molar-refractivity contribution >= 4 is 16.1 Å². The fraction of sp³-hybridized carbons (Fsp3) is 1.00. The van der Waals surface area contributed by atoms with E-state index in [1.54, 1.807) is 6.92 Å². The van der Waals surface area contributed by atoms with Crippen LogP contribution in [0, 0.1) is 5.92 Å². The van der Waals surface area contributed by atoms with Crippen LogP contribution >= 0.6 is 16.1 Å². The van der Waals surface area contributed by atoms with Crippen molar-refractivity contribution in [3.63, 3.8) is 0 Å². The molecule has 0 saturated heterocycles. The van der Waals surface area contributed by atoms with Gasteiger partial charge in [0.15, 0.2) is 0 Å². The lowest BCUT2D eigenvalue weighted by Gasteiger charge is -1.97. The van der Waals surface area contributed by atoms with Crippen molar-refractivity contribution < 1.29 is 18.9 Å². The molecule has 0 fully saturated rings. The Balaban J connectivity index is 3.53. The first-order valence-corrected chi connectivity index (χ1v) is 5.48. The molecule has 58 valence electrons. The van der Waals surface area contributed by atoms with Crippen molar-refractivity contribution in [3.8, 4) is 0 Å². The van der Waals surface area contributed by atoms with Crippen molar-refractivity contribution in [3.05, 3.63) is 0 Å². The van der Waals surface area contributed by atoms with Crippen LogP contribution in [0.25, 0.3) is 0 Å². The second-order valence-corrected chi connectivity index (χ2v) is 4.20. The minimum absolute atomic E-state index is 0.0430. The first-order chi connectivity index (χ1) is 4.52. The van der Waals surface area contributed by atoms with Gasteiger partial charge in [0.1, 0.15) is 12.3 Å². The van der Waals surface area contributed by atoms with Crippen molar-refractivity contribution in [2.45, 2.75) is 6.92 Å². The third kappa shape index (κ3) is 6.24. The Kier molecular flexibility index (Phi) is 4.92. The van der Waals surface area contributed by atoms with Crippen molar-refractivity contribution in [2.24, 2.45) is 5.92 Å². The lowest BCUT2D eigenvalue weighted by atomic mass is 10.3. The van der Waals surface area contributed by atoms with Gasteiger partial charge in [-0.05, 0) is 0 Å². The summed E-state index contributed by atoms with van der Waals surface area (Å²) in [4.78, 5) is 20.1. The van der Waals surface area contributed by atoms with Gasteiger partial charge in [-0.15, -0.1) is 0 Å². The van der Waals surface area contributed by atoms with Crippen LogP contribution in [0.1, 0.15) is 6.92 Å². The maximum absolute atomic E-state index is 10.0. The van der Waals surface area contributed by atoms with Gasteiger partial charge in [0.05, 0.1) is 0 Å². The van der Waals surface area contributed by atoms with E-state index in [9.17, 15) is 18.9 Å². The van der Waals surface area contributed by atoms with E-state index in [4.69, 9.17) is 0 Å². The predicted octanol–water partition coefficient (Wildman–Crippen LogP) is -0.172. The van der Waals surface area contributed by atoms with Crippen LogP contribution in [0.3, 0.4) is 0 Å². The van der Waals surface area contributed by atoms with Crippen LogP contribution in [-0.4, -0.2) is 12.3 Å². The average Bonchev–Trinajstić information content (AvgIpc) is 1.58. The van der Waals surface area contributed by atoms with Gasteiger partial charge >= 0.3 is 16.1 Å². The zero-order valence-corrected chi connectivity index (χ0v) is 7.31. The van der Waals surface area contributed by atoms with Gasteiger partial charge in [0.2, 0.25) is 0 Å². The van der Waals surface area contributed by atoms with Crippen molar-refractivity contribution in [2.75, 3.05) is 12.3 Å². The summed E-state index contributed by atoms with van der Waals surface area (Å²) in [5.41, 5.74) is 0. The summed E-state index contributed by atoms with van der Waals surface area (Å²) < 4.78 is 20.1. The Hall–Kier alpha value is 0.120. The van der Waals surface area contributed by atoms with E-state index in [0.29, 0.717) is 0 Å². The molecule has 0 aliphatic carbocycles. The fourth-order valence-corrected chi connectivity index (χ4v) is 2.05. The van der Waals surface area contributed by atoms with E-state index in [1.165, 1.54) is 0 Å². The Morgan fingerprint density at radius 3 is 1.70 bits per heavy atom. The lowest BCUT2D eigenvalue weighted by molar-refractivity contribution is -0.165. The normalized spacial score (nSPS) is 16.3. The third-order valence-electron chi connectivity index (χ3n) is 0.921. The van der Waals surface area contributed by atoms with Gasteiger partial charge in [0.25, 0.3) is 0 Å². The zero-order valence-electron chi connectivity index (χ0n) is 5.52. The first kappa shape index (κ1) is 10.1.